The maximum atomic E-state index is 13.7. The largest absolute Gasteiger partial charge is 0.216 e. The molecule has 2 aromatic heterocycles. The molecule has 0 saturated heterocycles. The molecule has 124 valence electrons. The van der Waals surface area contributed by atoms with Gasteiger partial charge in [-0.25, -0.2) is 13.9 Å². The Kier molecular flexibility index (Phi) is 3.77. The van der Waals surface area contributed by atoms with E-state index >= 15 is 0 Å². The number of aromatic nitrogens is 3. The van der Waals surface area contributed by atoms with Gasteiger partial charge in [-0.05, 0) is 31.5 Å². The Hall–Kier alpha value is -2.72. The molecule has 0 unspecified atom stereocenters. The predicted octanol–water partition coefficient (Wildman–Crippen LogP) is 5.47. The number of benzene rings is 2. The van der Waals surface area contributed by atoms with Crippen LogP contribution in [-0.2, 0) is 0 Å². The van der Waals surface area contributed by atoms with E-state index in [4.69, 9.17) is 11.6 Å². The van der Waals surface area contributed by atoms with Crippen LogP contribution in [0.25, 0.3) is 28.0 Å². The summed E-state index contributed by atoms with van der Waals surface area (Å²) in [5, 5.41) is 4.98. The average molecular weight is 352 g/mol. The van der Waals surface area contributed by atoms with Gasteiger partial charge in [0.1, 0.15) is 11.0 Å². The van der Waals surface area contributed by atoms with Crippen LogP contribution < -0.4 is 0 Å². The quantitative estimate of drug-likeness (QED) is 0.448. The maximum Gasteiger partial charge on any atom is 0.165 e. The summed E-state index contributed by atoms with van der Waals surface area (Å²) < 4.78 is 15.4. The number of hydrogen-bond donors (Lipinski definition) is 0. The van der Waals surface area contributed by atoms with Crippen molar-refractivity contribution >= 4 is 17.2 Å². The van der Waals surface area contributed by atoms with Crippen LogP contribution in [0.2, 0.25) is 5.15 Å². The first kappa shape index (κ1) is 15.8. The summed E-state index contributed by atoms with van der Waals surface area (Å²) in [6.07, 6.45) is 0. The number of rotatable bonds is 2. The Morgan fingerprint density at radius 3 is 2.44 bits per heavy atom. The molecule has 0 aliphatic carbocycles. The van der Waals surface area contributed by atoms with Crippen LogP contribution in [-0.4, -0.2) is 14.6 Å². The van der Waals surface area contributed by atoms with Crippen LogP contribution in [0.15, 0.2) is 54.6 Å². The fourth-order valence-electron chi connectivity index (χ4n) is 3.01. The Labute approximate surface area is 149 Å². The average Bonchev–Trinajstić information content (AvgIpc) is 2.91. The van der Waals surface area contributed by atoms with Gasteiger partial charge in [0.05, 0.1) is 11.4 Å². The number of hydrogen-bond acceptors (Lipinski definition) is 2. The molecule has 0 atom stereocenters. The number of fused-ring (bicyclic) bond motifs is 1. The van der Waals surface area contributed by atoms with Crippen LogP contribution in [0.1, 0.15) is 11.3 Å². The SMILES string of the molecule is Cc1ccc(-c2c(C)nn3c(-c4cccc(F)c4)cc(Cl)nc23)cc1. The van der Waals surface area contributed by atoms with Crippen LogP contribution in [0.5, 0.6) is 0 Å². The second-order valence-electron chi connectivity index (χ2n) is 6.04. The molecule has 0 bridgehead atoms. The third-order valence-electron chi connectivity index (χ3n) is 4.19. The lowest BCUT2D eigenvalue weighted by Crippen LogP contribution is -1.97. The smallest absolute Gasteiger partial charge is 0.165 e. The molecule has 0 radical (unpaired) electrons. The molecule has 4 aromatic rings. The summed E-state index contributed by atoms with van der Waals surface area (Å²) in [7, 11) is 0. The summed E-state index contributed by atoms with van der Waals surface area (Å²) in [5.74, 6) is -0.304. The molecule has 0 amide bonds. The van der Waals surface area contributed by atoms with Crippen LogP contribution in [0, 0.1) is 19.7 Å². The Bertz CT molecular complexity index is 1080. The Morgan fingerprint density at radius 1 is 0.960 bits per heavy atom. The van der Waals surface area contributed by atoms with Crippen LogP contribution in [0.4, 0.5) is 4.39 Å². The lowest BCUT2D eigenvalue weighted by Gasteiger charge is -2.07. The molecule has 0 fully saturated rings. The topological polar surface area (TPSA) is 30.2 Å². The molecule has 5 heteroatoms. The van der Waals surface area contributed by atoms with Crippen molar-refractivity contribution < 1.29 is 4.39 Å². The molecule has 0 aliphatic rings. The van der Waals surface area contributed by atoms with Crippen molar-refractivity contribution in [1.82, 2.24) is 14.6 Å². The van der Waals surface area contributed by atoms with E-state index in [0.29, 0.717) is 22.1 Å². The van der Waals surface area contributed by atoms with Crippen molar-refractivity contribution in [2.24, 2.45) is 0 Å². The van der Waals surface area contributed by atoms with E-state index in [1.54, 1.807) is 16.6 Å². The van der Waals surface area contributed by atoms with Gasteiger partial charge in [-0.15, -0.1) is 0 Å². The molecule has 0 aliphatic heterocycles. The molecule has 3 nitrogen and oxygen atoms in total. The highest BCUT2D eigenvalue weighted by atomic mass is 35.5. The zero-order valence-electron chi connectivity index (χ0n) is 13.8. The minimum Gasteiger partial charge on any atom is -0.216 e. The minimum absolute atomic E-state index is 0.304. The zero-order chi connectivity index (χ0) is 17.6. The summed E-state index contributed by atoms with van der Waals surface area (Å²) in [5.41, 5.74) is 6.05. The molecular formula is C20H15ClFN3. The second-order valence-corrected chi connectivity index (χ2v) is 6.42. The monoisotopic (exact) mass is 351 g/mol. The molecule has 2 aromatic carbocycles. The lowest BCUT2D eigenvalue weighted by atomic mass is 10.0. The van der Waals surface area contributed by atoms with Gasteiger partial charge in [0.25, 0.3) is 0 Å². The van der Waals surface area contributed by atoms with E-state index in [1.807, 2.05) is 32.0 Å². The fourth-order valence-corrected chi connectivity index (χ4v) is 3.19. The van der Waals surface area contributed by atoms with Gasteiger partial charge < -0.3 is 0 Å². The van der Waals surface area contributed by atoms with Gasteiger partial charge in [-0.2, -0.15) is 5.10 Å². The molecule has 0 saturated carbocycles. The van der Waals surface area contributed by atoms with E-state index in [0.717, 1.165) is 16.8 Å². The first-order valence-electron chi connectivity index (χ1n) is 7.92. The molecule has 0 spiro atoms. The Morgan fingerprint density at radius 2 is 1.72 bits per heavy atom. The normalized spacial score (nSPS) is 11.2. The highest BCUT2D eigenvalue weighted by Crippen LogP contribution is 2.32. The van der Waals surface area contributed by atoms with Crippen molar-refractivity contribution in [2.75, 3.05) is 0 Å². The molecular weight excluding hydrogens is 337 g/mol. The lowest BCUT2D eigenvalue weighted by molar-refractivity contribution is 0.628. The van der Waals surface area contributed by atoms with Gasteiger partial charge in [-0.3, -0.25) is 0 Å². The third-order valence-corrected chi connectivity index (χ3v) is 4.39. The number of halogens is 2. The molecule has 2 heterocycles. The number of nitrogens with zero attached hydrogens (tertiary/aromatic N) is 3. The van der Waals surface area contributed by atoms with Crippen molar-refractivity contribution in [3.8, 4) is 22.4 Å². The van der Waals surface area contributed by atoms with E-state index < -0.39 is 0 Å². The van der Waals surface area contributed by atoms with E-state index in [-0.39, 0.29) is 5.82 Å². The second kappa shape index (κ2) is 5.97. The summed E-state index contributed by atoms with van der Waals surface area (Å²) in [6, 6.07) is 16.3. The zero-order valence-corrected chi connectivity index (χ0v) is 14.5. The van der Waals surface area contributed by atoms with E-state index in [9.17, 15) is 4.39 Å². The van der Waals surface area contributed by atoms with Gasteiger partial charge >= 0.3 is 0 Å². The number of aryl methyl sites for hydroxylation is 2. The first-order chi connectivity index (χ1) is 12.0. The summed E-state index contributed by atoms with van der Waals surface area (Å²) in [4.78, 5) is 4.48. The highest BCUT2D eigenvalue weighted by Gasteiger charge is 2.17. The fraction of sp³-hybridized carbons (Fsp3) is 0.100. The van der Waals surface area contributed by atoms with Gasteiger partial charge in [0.15, 0.2) is 5.65 Å². The minimum atomic E-state index is -0.304. The van der Waals surface area contributed by atoms with E-state index in [1.165, 1.54) is 17.7 Å². The summed E-state index contributed by atoms with van der Waals surface area (Å²) >= 11 is 6.26. The van der Waals surface area contributed by atoms with Gasteiger partial charge in [-0.1, -0.05) is 53.6 Å². The van der Waals surface area contributed by atoms with Gasteiger partial charge in [0, 0.05) is 17.2 Å². The van der Waals surface area contributed by atoms with Gasteiger partial charge in [0.2, 0.25) is 0 Å². The molecule has 4 rings (SSSR count). The summed E-state index contributed by atoms with van der Waals surface area (Å²) in [6.45, 7) is 3.98. The third kappa shape index (κ3) is 2.79. The first-order valence-corrected chi connectivity index (χ1v) is 8.29. The van der Waals surface area contributed by atoms with Crippen molar-refractivity contribution in [3.05, 3.63) is 76.8 Å². The molecule has 25 heavy (non-hydrogen) atoms. The van der Waals surface area contributed by atoms with Crippen LogP contribution in [0.3, 0.4) is 0 Å². The Balaban J connectivity index is 2.02. The maximum absolute atomic E-state index is 13.7. The van der Waals surface area contributed by atoms with Crippen molar-refractivity contribution in [2.45, 2.75) is 13.8 Å². The van der Waals surface area contributed by atoms with Crippen molar-refractivity contribution in [3.63, 3.8) is 0 Å². The van der Waals surface area contributed by atoms with Crippen LogP contribution >= 0.6 is 11.6 Å². The predicted molar refractivity (Wildman–Crippen MR) is 98.3 cm³/mol. The highest BCUT2D eigenvalue weighted by molar-refractivity contribution is 6.29. The van der Waals surface area contributed by atoms with Crippen molar-refractivity contribution in [1.29, 1.82) is 0 Å². The molecule has 0 N–H and O–H groups in total. The standard InChI is InChI=1S/C20H15ClFN3/c1-12-6-8-14(9-7-12)19-13(2)24-25-17(11-18(21)23-20(19)25)15-4-3-5-16(22)10-15/h3-11H,1-2H3. The van der Waals surface area contributed by atoms with E-state index in [2.05, 4.69) is 22.2 Å².